The summed E-state index contributed by atoms with van der Waals surface area (Å²) in [5.74, 6) is -0.126. The van der Waals surface area contributed by atoms with Crippen molar-refractivity contribution in [2.24, 2.45) is 0 Å². The van der Waals surface area contributed by atoms with Gasteiger partial charge in [0, 0.05) is 0 Å². The molecule has 0 N–H and O–H groups in total. The zero-order valence-corrected chi connectivity index (χ0v) is 9.47. The van der Waals surface area contributed by atoms with Crippen molar-refractivity contribution in [2.75, 3.05) is 0 Å². The molecule has 0 aliphatic heterocycles. The van der Waals surface area contributed by atoms with Gasteiger partial charge in [-0.2, -0.15) is 0 Å². The minimum atomic E-state index is -0.126. The minimum absolute atomic E-state index is 0.126. The number of rotatable bonds is 1. The molecule has 0 bridgehead atoms. The molecule has 1 aromatic rings. The van der Waals surface area contributed by atoms with Crippen LogP contribution in [-0.2, 0) is 3.43 Å². The molecular formula is C9H9FSn. The summed E-state index contributed by atoms with van der Waals surface area (Å²) in [7, 11) is 0. The third-order valence-corrected chi connectivity index (χ3v) is 4.81. The van der Waals surface area contributed by atoms with Crippen molar-refractivity contribution >= 4 is 22.5 Å². The molecule has 0 heterocycles. The Balaban J connectivity index is 2.33. The second kappa shape index (κ2) is 2.47. The van der Waals surface area contributed by atoms with E-state index in [0.29, 0.717) is 3.43 Å². The molecule has 1 saturated carbocycles. The van der Waals surface area contributed by atoms with Gasteiger partial charge >= 0.3 is 78.8 Å². The summed E-state index contributed by atoms with van der Waals surface area (Å²) < 4.78 is 13.0. The van der Waals surface area contributed by atoms with Gasteiger partial charge < -0.3 is 0 Å². The van der Waals surface area contributed by atoms with Crippen LogP contribution >= 0.6 is 0 Å². The molecule has 0 amide bonds. The van der Waals surface area contributed by atoms with Crippen LogP contribution in [0.4, 0.5) is 4.39 Å². The van der Waals surface area contributed by atoms with Crippen molar-refractivity contribution in [3.8, 4) is 0 Å². The van der Waals surface area contributed by atoms with E-state index < -0.39 is 0 Å². The van der Waals surface area contributed by atoms with Crippen LogP contribution in [0.25, 0.3) is 0 Å². The van der Waals surface area contributed by atoms with E-state index in [0.717, 1.165) is 0 Å². The van der Waals surface area contributed by atoms with Crippen molar-refractivity contribution < 1.29 is 4.39 Å². The summed E-state index contributed by atoms with van der Waals surface area (Å²) in [5, 5.41) is 0. The molecule has 1 fully saturated rings. The zero-order valence-electron chi connectivity index (χ0n) is 6.18. The monoisotopic (exact) mass is 256 g/mol. The van der Waals surface area contributed by atoms with Gasteiger partial charge in [-0.15, -0.1) is 0 Å². The first-order valence-corrected chi connectivity index (χ1v) is 5.40. The number of halogens is 1. The van der Waals surface area contributed by atoms with Gasteiger partial charge in [0.05, 0.1) is 0 Å². The second-order valence-corrected chi connectivity index (χ2v) is 6.32. The van der Waals surface area contributed by atoms with Crippen LogP contribution < -0.4 is 0 Å². The standard InChI is InChI=1S/C9H8F.Sn.H/c10-9-5-3-8(4-6-9)7-1-2-7;;/h3-6H,1-2H2;;. The fraction of sp³-hybridized carbons (Fsp3) is 0.333. The Kier molecular flexibility index (Phi) is 1.71. The first-order valence-electron chi connectivity index (χ1n) is 3.76. The maximum absolute atomic E-state index is 12.5. The van der Waals surface area contributed by atoms with E-state index in [1.165, 1.54) is 40.9 Å². The van der Waals surface area contributed by atoms with Crippen LogP contribution in [0.1, 0.15) is 18.4 Å². The molecule has 1 aliphatic carbocycles. The van der Waals surface area contributed by atoms with Crippen molar-refractivity contribution in [3.05, 3.63) is 35.6 Å². The summed E-state index contributed by atoms with van der Waals surface area (Å²) in [6.07, 6.45) is 2.61. The molecule has 2 rings (SSSR count). The second-order valence-electron chi connectivity index (χ2n) is 3.16. The molecule has 0 saturated heterocycles. The van der Waals surface area contributed by atoms with Crippen molar-refractivity contribution in [2.45, 2.75) is 16.3 Å². The predicted octanol–water partition coefficient (Wildman–Crippen LogP) is 1.72. The summed E-state index contributed by atoms with van der Waals surface area (Å²) in [4.78, 5) is 0. The van der Waals surface area contributed by atoms with E-state index in [2.05, 4.69) is 0 Å². The van der Waals surface area contributed by atoms with Crippen LogP contribution in [0.15, 0.2) is 24.3 Å². The molecule has 0 aromatic heterocycles. The SMILES string of the molecule is Fc1ccc([C]2([SnH])CC2)cc1. The molecule has 0 spiro atoms. The Hall–Kier alpha value is -0.0513. The van der Waals surface area contributed by atoms with E-state index >= 15 is 0 Å². The fourth-order valence-electron chi connectivity index (χ4n) is 1.21. The molecule has 0 nitrogen and oxygen atoms in total. The van der Waals surface area contributed by atoms with Gasteiger partial charge in [-0.05, 0) is 0 Å². The van der Waals surface area contributed by atoms with E-state index in [1.807, 2.05) is 12.1 Å². The molecule has 1 aliphatic rings. The Morgan fingerprint density at radius 3 is 2.18 bits per heavy atom. The van der Waals surface area contributed by atoms with Gasteiger partial charge in [-0.25, -0.2) is 0 Å². The number of hydrogen-bond acceptors (Lipinski definition) is 0. The van der Waals surface area contributed by atoms with Gasteiger partial charge in [0.25, 0.3) is 0 Å². The molecule has 1 aromatic carbocycles. The van der Waals surface area contributed by atoms with Crippen LogP contribution in [-0.4, -0.2) is 22.5 Å². The Labute approximate surface area is 78.9 Å². The quantitative estimate of drug-likeness (QED) is 0.670. The van der Waals surface area contributed by atoms with Gasteiger partial charge in [0.15, 0.2) is 0 Å². The van der Waals surface area contributed by atoms with Gasteiger partial charge in [-0.3, -0.25) is 0 Å². The van der Waals surface area contributed by atoms with Crippen LogP contribution in [0.5, 0.6) is 0 Å². The van der Waals surface area contributed by atoms with E-state index in [4.69, 9.17) is 0 Å². The first-order chi connectivity index (χ1) is 5.21. The molecule has 56 valence electrons. The Morgan fingerprint density at radius 1 is 1.18 bits per heavy atom. The summed E-state index contributed by atoms with van der Waals surface area (Å²) in [5.41, 5.74) is 1.33. The van der Waals surface area contributed by atoms with Crippen LogP contribution in [0.3, 0.4) is 0 Å². The first kappa shape index (κ1) is 7.59. The predicted molar refractivity (Wildman–Crippen MR) is 44.5 cm³/mol. The average molecular weight is 255 g/mol. The number of hydrogen-bond donors (Lipinski definition) is 0. The van der Waals surface area contributed by atoms with E-state index in [1.54, 1.807) is 12.1 Å². The summed E-state index contributed by atoms with van der Waals surface area (Å²) >= 11 is 1.27. The van der Waals surface area contributed by atoms with Gasteiger partial charge in [0.2, 0.25) is 0 Å². The van der Waals surface area contributed by atoms with Crippen LogP contribution in [0.2, 0.25) is 0 Å². The van der Waals surface area contributed by atoms with Gasteiger partial charge in [-0.1, -0.05) is 0 Å². The Bertz CT molecular complexity index is 261. The summed E-state index contributed by atoms with van der Waals surface area (Å²) in [6.45, 7) is 0. The summed E-state index contributed by atoms with van der Waals surface area (Å²) in [6, 6.07) is 6.97. The average Bonchev–Trinajstić information content (AvgIpc) is 2.70. The van der Waals surface area contributed by atoms with E-state index in [-0.39, 0.29) is 5.82 Å². The van der Waals surface area contributed by atoms with Gasteiger partial charge in [0.1, 0.15) is 0 Å². The molecular weight excluding hydrogens is 246 g/mol. The zero-order chi connectivity index (χ0) is 7.90. The third-order valence-electron chi connectivity index (χ3n) is 2.21. The number of benzene rings is 1. The topological polar surface area (TPSA) is 0 Å². The fourth-order valence-corrected chi connectivity index (χ4v) is 2.17. The van der Waals surface area contributed by atoms with Crippen molar-refractivity contribution in [1.82, 2.24) is 0 Å². The maximum atomic E-state index is 12.5. The van der Waals surface area contributed by atoms with Crippen molar-refractivity contribution in [1.29, 1.82) is 0 Å². The van der Waals surface area contributed by atoms with Crippen LogP contribution in [0, 0.1) is 5.82 Å². The molecule has 2 heteroatoms. The van der Waals surface area contributed by atoms with E-state index in [9.17, 15) is 4.39 Å². The molecule has 11 heavy (non-hydrogen) atoms. The molecule has 0 unspecified atom stereocenters. The Morgan fingerprint density at radius 2 is 1.73 bits per heavy atom. The normalized spacial score (nSPS) is 19.8. The molecule has 2 radical (unpaired) electrons. The third kappa shape index (κ3) is 1.43. The molecule has 0 atom stereocenters. The van der Waals surface area contributed by atoms with Crippen molar-refractivity contribution in [3.63, 3.8) is 0 Å².